The van der Waals surface area contributed by atoms with Gasteiger partial charge in [-0.05, 0) is 39.2 Å². The Morgan fingerprint density at radius 1 is 1.29 bits per heavy atom. The van der Waals surface area contributed by atoms with E-state index in [2.05, 4.69) is 40.1 Å². The number of piperidine rings is 1. The van der Waals surface area contributed by atoms with E-state index in [-0.39, 0.29) is 11.8 Å². The Bertz CT molecular complexity index is 462. The first-order valence-electron chi connectivity index (χ1n) is 8.32. The molecule has 0 N–H and O–H groups in total. The van der Waals surface area contributed by atoms with Crippen molar-refractivity contribution in [3.63, 3.8) is 0 Å². The highest BCUT2D eigenvalue weighted by molar-refractivity contribution is 5.82. The van der Waals surface area contributed by atoms with Gasteiger partial charge in [0.2, 0.25) is 5.91 Å². The first-order valence-corrected chi connectivity index (χ1v) is 8.32. The van der Waals surface area contributed by atoms with E-state index >= 15 is 0 Å². The zero-order valence-corrected chi connectivity index (χ0v) is 14.4. The number of amides is 1. The van der Waals surface area contributed by atoms with Crippen LogP contribution in [0.2, 0.25) is 0 Å². The Balaban J connectivity index is 2.04. The molecule has 0 unspecified atom stereocenters. The highest BCUT2D eigenvalue weighted by Gasteiger charge is 2.32. The summed E-state index contributed by atoms with van der Waals surface area (Å²) in [6.45, 7) is 8.28. The van der Waals surface area contributed by atoms with Gasteiger partial charge in [-0.3, -0.25) is 4.79 Å². The molecule has 1 saturated heterocycles. The molecular weight excluding hydrogens is 260 g/mol. The molecule has 1 amide bonds. The molecule has 0 aliphatic carbocycles. The molecule has 2 aliphatic rings. The molecule has 0 saturated carbocycles. The molecule has 2 rings (SSSR count). The predicted octanol–water partition coefficient (Wildman–Crippen LogP) is 3.33. The second kappa shape index (κ2) is 6.35. The van der Waals surface area contributed by atoms with Crippen LogP contribution in [-0.2, 0) is 4.79 Å². The number of carbonyl (C=O) groups excluding carboxylic acids is 1. The number of nitrogens with zero attached hydrogens (tertiary/aromatic N) is 2. The van der Waals surface area contributed by atoms with Gasteiger partial charge in [-0.2, -0.15) is 0 Å². The zero-order chi connectivity index (χ0) is 15.6. The maximum atomic E-state index is 12.6. The van der Waals surface area contributed by atoms with Crippen LogP contribution in [0.3, 0.4) is 0 Å². The second-order valence-electron chi connectivity index (χ2n) is 7.42. The Kier molecular flexibility index (Phi) is 4.92. The van der Waals surface area contributed by atoms with Crippen molar-refractivity contribution in [2.24, 2.45) is 5.92 Å². The number of quaternary nitrogens is 1. The van der Waals surface area contributed by atoms with Crippen molar-refractivity contribution in [3.05, 3.63) is 23.4 Å². The fourth-order valence-electron chi connectivity index (χ4n) is 3.83. The summed E-state index contributed by atoms with van der Waals surface area (Å²) in [5.41, 5.74) is 2.30. The van der Waals surface area contributed by atoms with Gasteiger partial charge in [0.05, 0.1) is 32.6 Å². The van der Waals surface area contributed by atoms with E-state index in [1.807, 2.05) is 11.8 Å². The van der Waals surface area contributed by atoms with Gasteiger partial charge in [-0.1, -0.05) is 18.6 Å². The molecule has 0 spiro atoms. The second-order valence-corrected chi connectivity index (χ2v) is 7.42. The van der Waals surface area contributed by atoms with Crippen molar-refractivity contribution in [2.45, 2.75) is 52.5 Å². The third kappa shape index (κ3) is 3.76. The lowest BCUT2D eigenvalue weighted by atomic mass is 9.97. The number of hydrogen-bond acceptors (Lipinski definition) is 1. The van der Waals surface area contributed by atoms with Gasteiger partial charge in [-0.15, -0.1) is 0 Å². The van der Waals surface area contributed by atoms with Crippen LogP contribution in [0.25, 0.3) is 0 Å². The molecule has 0 aromatic rings. The molecule has 3 heteroatoms. The first kappa shape index (κ1) is 16.3. The van der Waals surface area contributed by atoms with E-state index in [1.165, 1.54) is 31.4 Å². The van der Waals surface area contributed by atoms with Crippen LogP contribution in [-0.4, -0.2) is 48.5 Å². The third-order valence-electron chi connectivity index (χ3n) is 5.23. The molecule has 2 aliphatic heterocycles. The Hall–Kier alpha value is -1.09. The standard InChI is InChI=1S/C18H31N2O/c1-14-12-15(2)18(21)19(16(3)13-14)10-9-17-8-6-7-11-20(17,4)5/h12-13,15,17H,6-11H2,1-5H3/q+1/t15-,17+/m1/s1. The number of likely N-dealkylation sites (tertiary alicyclic amines) is 1. The van der Waals surface area contributed by atoms with E-state index < -0.39 is 0 Å². The van der Waals surface area contributed by atoms with E-state index in [1.54, 1.807) is 0 Å². The smallest absolute Gasteiger partial charge is 0.233 e. The summed E-state index contributed by atoms with van der Waals surface area (Å²) in [7, 11) is 4.68. The molecule has 21 heavy (non-hydrogen) atoms. The lowest BCUT2D eigenvalue weighted by Gasteiger charge is -2.42. The van der Waals surface area contributed by atoms with Crippen LogP contribution in [0.1, 0.15) is 46.5 Å². The van der Waals surface area contributed by atoms with E-state index in [4.69, 9.17) is 0 Å². The number of hydrogen-bond donors (Lipinski definition) is 0. The highest BCUT2D eigenvalue weighted by Crippen LogP contribution is 2.26. The normalized spacial score (nSPS) is 29.8. The Morgan fingerprint density at radius 2 is 2.00 bits per heavy atom. The SMILES string of the molecule is CC1=C[C@@H](C)C(=O)N(CC[C@@H]2CCCC[N+]2(C)C)C(C)=C1. The minimum Gasteiger partial charge on any atom is -0.326 e. The molecular formula is C18H31N2O+. The van der Waals surface area contributed by atoms with Gasteiger partial charge >= 0.3 is 0 Å². The molecule has 3 nitrogen and oxygen atoms in total. The summed E-state index contributed by atoms with van der Waals surface area (Å²) in [6.07, 6.45) is 9.30. The number of allylic oxidation sites excluding steroid dienone is 3. The van der Waals surface area contributed by atoms with Crippen molar-refractivity contribution in [2.75, 3.05) is 27.2 Å². The zero-order valence-electron chi connectivity index (χ0n) is 14.4. The molecule has 0 aromatic carbocycles. The molecule has 0 bridgehead atoms. The monoisotopic (exact) mass is 291 g/mol. The van der Waals surface area contributed by atoms with Crippen LogP contribution >= 0.6 is 0 Å². The summed E-state index contributed by atoms with van der Waals surface area (Å²) < 4.78 is 1.11. The molecule has 1 fully saturated rings. The van der Waals surface area contributed by atoms with E-state index in [0.29, 0.717) is 6.04 Å². The van der Waals surface area contributed by atoms with Crippen molar-refractivity contribution < 1.29 is 9.28 Å². The van der Waals surface area contributed by atoms with Gasteiger partial charge in [0, 0.05) is 18.7 Å². The third-order valence-corrected chi connectivity index (χ3v) is 5.23. The minimum absolute atomic E-state index is 0.00689. The maximum Gasteiger partial charge on any atom is 0.233 e. The molecule has 118 valence electrons. The maximum absolute atomic E-state index is 12.6. The molecule has 0 aromatic heterocycles. The molecule has 0 radical (unpaired) electrons. The predicted molar refractivity (Wildman–Crippen MR) is 87.6 cm³/mol. The van der Waals surface area contributed by atoms with E-state index in [0.717, 1.165) is 23.1 Å². The minimum atomic E-state index is -0.00689. The highest BCUT2D eigenvalue weighted by atomic mass is 16.2. The number of rotatable bonds is 3. The lowest BCUT2D eigenvalue weighted by molar-refractivity contribution is -0.920. The van der Waals surface area contributed by atoms with Gasteiger partial charge in [0.1, 0.15) is 0 Å². The van der Waals surface area contributed by atoms with Crippen LogP contribution in [0, 0.1) is 5.92 Å². The number of carbonyl (C=O) groups is 1. The fourth-order valence-corrected chi connectivity index (χ4v) is 3.83. The Labute approximate surface area is 129 Å². The quantitative estimate of drug-likeness (QED) is 0.730. The summed E-state index contributed by atoms with van der Waals surface area (Å²) in [4.78, 5) is 14.6. The summed E-state index contributed by atoms with van der Waals surface area (Å²) in [6, 6.07) is 0.687. The topological polar surface area (TPSA) is 20.3 Å². The van der Waals surface area contributed by atoms with Crippen LogP contribution < -0.4 is 0 Å². The molecule has 2 heterocycles. The lowest BCUT2D eigenvalue weighted by Crippen LogP contribution is -2.53. The fraction of sp³-hybridized carbons (Fsp3) is 0.722. The summed E-state index contributed by atoms with van der Waals surface area (Å²) in [5.74, 6) is 0.245. The van der Waals surface area contributed by atoms with Crippen molar-refractivity contribution >= 4 is 5.91 Å². The van der Waals surface area contributed by atoms with Crippen molar-refractivity contribution in [3.8, 4) is 0 Å². The van der Waals surface area contributed by atoms with Gasteiger partial charge in [-0.25, -0.2) is 0 Å². The average molecular weight is 291 g/mol. The average Bonchev–Trinajstić information content (AvgIpc) is 2.47. The van der Waals surface area contributed by atoms with Crippen LogP contribution in [0.5, 0.6) is 0 Å². The van der Waals surface area contributed by atoms with Crippen LogP contribution in [0.15, 0.2) is 23.4 Å². The summed E-state index contributed by atoms with van der Waals surface area (Å²) in [5, 5.41) is 0. The first-order chi connectivity index (χ1) is 9.81. The van der Waals surface area contributed by atoms with Crippen molar-refractivity contribution in [1.29, 1.82) is 0 Å². The van der Waals surface area contributed by atoms with E-state index in [9.17, 15) is 4.79 Å². The largest absolute Gasteiger partial charge is 0.326 e. The summed E-state index contributed by atoms with van der Waals surface area (Å²) >= 11 is 0. The van der Waals surface area contributed by atoms with Gasteiger partial charge in [0.15, 0.2) is 0 Å². The van der Waals surface area contributed by atoms with Crippen LogP contribution in [0.4, 0.5) is 0 Å². The molecule has 2 atom stereocenters. The van der Waals surface area contributed by atoms with Crippen molar-refractivity contribution in [1.82, 2.24) is 4.90 Å². The Morgan fingerprint density at radius 3 is 2.67 bits per heavy atom. The van der Waals surface area contributed by atoms with Gasteiger partial charge in [0.25, 0.3) is 0 Å². The van der Waals surface area contributed by atoms with Gasteiger partial charge < -0.3 is 9.38 Å².